The lowest BCUT2D eigenvalue weighted by Crippen LogP contribution is -2.45. The third kappa shape index (κ3) is 3.71. The Hall–Kier alpha value is -0.570. The van der Waals surface area contributed by atoms with Crippen LogP contribution in [0.5, 0.6) is 0 Å². The van der Waals surface area contributed by atoms with Gasteiger partial charge in [0.25, 0.3) is 0 Å². The van der Waals surface area contributed by atoms with Crippen molar-refractivity contribution >= 4 is 5.91 Å². The predicted molar refractivity (Wildman–Crippen MR) is 74.3 cm³/mol. The zero-order valence-electron chi connectivity index (χ0n) is 12.1. The van der Waals surface area contributed by atoms with Gasteiger partial charge < -0.3 is 10.2 Å². The maximum absolute atomic E-state index is 12.5. The topological polar surface area (TPSA) is 32.3 Å². The highest BCUT2D eigenvalue weighted by Gasteiger charge is 2.31. The molecule has 0 aromatic heterocycles. The van der Waals surface area contributed by atoms with Crippen LogP contribution in [0, 0.1) is 17.8 Å². The lowest BCUT2D eigenvalue weighted by molar-refractivity contribution is -0.136. The first-order valence-corrected chi connectivity index (χ1v) is 7.60. The van der Waals surface area contributed by atoms with Gasteiger partial charge in [-0.15, -0.1) is 0 Å². The van der Waals surface area contributed by atoms with E-state index >= 15 is 0 Å². The second kappa shape index (κ2) is 6.05. The molecule has 0 aromatic rings. The van der Waals surface area contributed by atoms with E-state index in [2.05, 4.69) is 31.0 Å². The Kier molecular flexibility index (Phi) is 4.66. The van der Waals surface area contributed by atoms with E-state index in [9.17, 15) is 4.79 Å². The number of nitrogens with zero attached hydrogens (tertiary/aromatic N) is 1. The van der Waals surface area contributed by atoms with Gasteiger partial charge in [-0.1, -0.05) is 20.8 Å². The van der Waals surface area contributed by atoms with Gasteiger partial charge in [-0.3, -0.25) is 4.79 Å². The van der Waals surface area contributed by atoms with E-state index in [0.29, 0.717) is 17.9 Å². The first kappa shape index (κ1) is 13.9. The van der Waals surface area contributed by atoms with Crippen molar-refractivity contribution in [1.82, 2.24) is 10.2 Å². The molecule has 2 atom stereocenters. The molecule has 1 amide bonds. The van der Waals surface area contributed by atoms with Crippen molar-refractivity contribution in [2.75, 3.05) is 19.6 Å². The molecule has 2 unspecified atom stereocenters. The van der Waals surface area contributed by atoms with E-state index in [0.717, 1.165) is 25.6 Å². The number of carbonyl (C=O) groups excluding carboxylic acids is 1. The highest BCUT2D eigenvalue weighted by molar-refractivity contribution is 5.78. The zero-order valence-corrected chi connectivity index (χ0v) is 12.1. The SMILES string of the molecule is CC(C)C(C)C(=O)N(CC1CC1)CC1CCCN1. The molecule has 0 radical (unpaired) electrons. The van der Waals surface area contributed by atoms with E-state index in [4.69, 9.17) is 0 Å². The lowest BCUT2D eigenvalue weighted by atomic mass is 9.96. The van der Waals surface area contributed by atoms with Crippen molar-refractivity contribution < 1.29 is 4.79 Å². The predicted octanol–water partition coefficient (Wildman–Crippen LogP) is 2.27. The summed E-state index contributed by atoms with van der Waals surface area (Å²) in [6.07, 6.45) is 5.12. The molecule has 0 spiro atoms. The molecule has 1 aliphatic heterocycles. The van der Waals surface area contributed by atoms with Gasteiger partial charge in [0.05, 0.1) is 0 Å². The summed E-state index contributed by atoms with van der Waals surface area (Å²) >= 11 is 0. The number of hydrogen-bond acceptors (Lipinski definition) is 2. The summed E-state index contributed by atoms with van der Waals surface area (Å²) in [6.45, 7) is 9.41. The Balaban J connectivity index is 1.91. The maximum atomic E-state index is 12.5. The van der Waals surface area contributed by atoms with Crippen LogP contribution < -0.4 is 5.32 Å². The van der Waals surface area contributed by atoms with Gasteiger partial charge in [0.1, 0.15) is 0 Å². The van der Waals surface area contributed by atoms with Crippen LogP contribution in [0.2, 0.25) is 0 Å². The highest BCUT2D eigenvalue weighted by Crippen LogP contribution is 2.30. The molecular formula is C15H28N2O. The number of rotatable bonds is 6. The number of hydrogen-bond donors (Lipinski definition) is 1. The second-order valence-electron chi connectivity index (χ2n) is 6.51. The average Bonchev–Trinajstić information content (AvgIpc) is 3.00. The molecule has 2 fully saturated rings. The van der Waals surface area contributed by atoms with Gasteiger partial charge in [-0.25, -0.2) is 0 Å². The number of carbonyl (C=O) groups is 1. The molecule has 2 aliphatic rings. The standard InChI is InChI=1S/C15H28N2O/c1-11(2)12(3)15(18)17(9-13-6-7-13)10-14-5-4-8-16-14/h11-14,16H,4-10H2,1-3H3. The van der Waals surface area contributed by atoms with Crippen molar-refractivity contribution in [3.63, 3.8) is 0 Å². The quantitative estimate of drug-likeness (QED) is 0.786. The molecule has 1 heterocycles. The molecule has 1 saturated carbocycles. The smallest absolute Gasteiger partial charge is 0.225 e. The fourth-order valence-electron chi connectivity index (χ4n) is 2.62. The van der Waals surface area contributed by atoms with Crippen LogP contribution in [0.25, 0.3) is 0 Å². The van der Waals surface area contributed by atoms with Crippen LogP contribution in [0.4, 0.5) is 0 Å². The van der Waals surface area contributed by atoms with Crippen LogP contribution in [0.1, 0.15) is 46.5 Å². The molecule has 1 saturated heterocycles. The van der Waals surface area contributed by atoms with Gasteiger partial charge in [-0.05, 0) is 44.1 Å². The highest BCUT2D eigenvalue weighted by atomic mass is 16.2. The number of nitrogens with one attached hydrogen (secondary N) is 1. The molecule has 0 bridgehead atoms. The molecule has 1 aliphatic carbocycles. The first-order valence-electron chi connectivity index (χ1n) is 7.60. The largest absolute Gasteiger partial charge is 0.341 e. The molecule has 104 valence electrons. The third-order valence-corrected chi connectivity index (χ3v) is 4.48. The van der Waals surface area contributed by atoms with Crippen molar-refractivity contribution in [2.24, 2.45) is 17.8 Å². The van der Waals surface area contributed by atoms with E-state index in [-0.39, 0.29) is 5.92 Å². The van der Waals surface area contributed by atoms with Crippen LogP contribution >= 0.6 is 0 Å². The Morgan fingerprint density at radius 1 is 1.22 bits per heavy atom. The van der Waals surface area contributed by atoms with Crippen molar-refractivity contribution in [2.45, 2.75) is 52.5 Å². The van der Waals surface area contributed by atoms with Crippen molar-refractivity contribution in [3.8, 4) is 0 Å². The van der Waals surface area contributed by atoms with Crippen LogP contribution in [-0.4, -0.2) is 36.5 Å². The summed E-state index contributed by atoms with van der Waals surface area (Å²) in [7, 11) is 0. The molecule has 0 aromatic carbocycles. The Morgan fingerprint density at radius 2 is 1.94 bits per heavy atom. The van der Waals surface area contributed by atoms with Gasteiger partial charge in [0.2, 0.25) is 5.91 Å². The van der Waals surface area contributed by atoms with E-state index in [1.54, 1.807) is 0 Å². The molecule has 3 heteroatoms. The Bertz CT molecular complexity index is 280. The van der Waals surface area contributed by atoms with Crippen LogP contribution in [0.15, 0.2) is 0 Å². The summed E-state index contributed by atoms with van der Waals surface area (Å²) in [6, 6.07) is 0.534. The normalized spacial score (nSPS) is 25.4. The maximum Gasteiger partial charge on any atom is 0.225 e. The molecule has 2 rings (SSSR count). The van der Waals surface area contributed by atoms with Crippen LogP contribution in [-0.2, 0) is 4.79 Å². The fourth-order valence-corrected chi connectivity index (χ4v) is 2.62. The summed E-state index contributed by atoms with van der Waals surface area (Å²) in [5.41, 5.74) is 0. The van der Waals surface area contributed by atoms with E-state index in [1.165, 1.54) is 25.7 Å². The molecule has 1 N–H and O–H groups in total. The monoisotopic (exact) mass is 252 g/mol. The molecule has 3 nitrogen and oxygen atoms in total. The zero-order chi connectivity index (χ0) is 13.1. The summed E-state index contributed by atoms with van der Waals surface area (Å²) in [4.78, 5) is 14.7. The fraction of sp³-hybridized carbons (Fsp3) is 0.933. The first-order chi connectivity index (χ1) is 8.58. The summed E-state index contributed by atoms with van der Waals surface area (Å²) < 4.78 is 0. The van der Waals surface area contributed by atoms with E-state index < -0.39 is 0 Å². The van der Waals surface area contributed by atoms with Crippen LogP contribution in [0.3, 0.4) is 0 Å². The molecule has 18 heavy (non-hydrogen) atoms. The van der Waals surface area contributed by atoms with Gasteiger partial charge in [0, 0.05) is 25.0 Å². The Morgan fingerprint density at radius 3 is 2.44 bits per heavy atom. The lowest BCUT2D eigenvalue weighted by Gasteiger charge is -2.30. The van der Waals surface area contributed by atoms with Crippen molar-refractivity contribution in [3.05, 3.63) is 0 Å². The van der Waals surface area contributed by atoms with Gasteiger partial charge in [-0.2, -0.15) is 0 Å². The minimum Gasteiger partial charge on any atom is -0.341 e. The summed E-state index contributed by atoms with van der Waals surface area (Å²) in [5.74, 6) is 1.75. The van der Waals surface area contributed by atoms with Gasteiger partial charge in [0.15, 0.2) is 0 Å². The minimum absolute atomic E-state index is 0.158. The number of amides is 1. The van der Waals surface area contributed by atoms with Crippen molar-refractivity contribution in [1.29, 1.82) is 0 Å². The molecular weight excluding hydrogens is 224 g/mol. The third-order valence-electron chi connectivity index (χ3n) is 4.48. The Labute approximate surface area is 111 Å². The second-order valence-corrected chi connectivity index (χ2v) is 6.51. The summed E-state index contributed by atoms with van der Waals surface area (Å²) in [5, 5.41) is 3.51. The average molecular weight is 252 g/mol. The minimum atomic E-state index is 0.158. The van der Waals surface area contributed by atoms with E-state index in [1.807, 2.05) is 0 Å². The van der Waals surface area contributed by atoms with Gasteiger partial charge >= 0.3 is 0 Å².